The van der Waals surface area contributed by atoms with E-state index in [-0.39, 0.29) is 0 Å². The lowest BCUT2D eigenvalue weighted by molar-refractivity contribution is 0.392. The first-order valence-corrected chi connectivity index (χ1v) is 6.93. The van der Waals surface area contributed by atoms with Crippen molar-refractivity contribution >= 4 is 22.5 Å². The van der Waals surface area contributed by atoms with Gasteiger partial charge in [-0.25, -0.2) is 0 Å². The number of nitrogens with one attached hydrogen (secondary N) is 2. The van der Waals surface area contributed by atoms with Gasteiger partial charge >= 0.3 is 0 Å². The molecule has 0 aliphatic carbocycles. The molecule has 0 amide bonds. The first-order valence-electron chi connectivity index (χ1n) is 6.55. The fraction of sp³-hybridized carbons (Fsp3) is 0.467. The molecule has 3 heteroatoms. The molecule has 98 valence electrons. The Balaban J connectivity index is 2.02. The van der Waals surface area contributed by atoms with E-state index < -0.39 is 0 Å². The van der Waals surface area contributed by atoms with Crippen LogP contribution in [0.3, 0.4) is 0 Å². The molecule has 0 spiro atoms. The topological polar surface area (TPSA) is 27.8 Å². The molecule has 2 rings (SSSR count). The van der Waals surface area contributed by atoms with Crippen molar-refractivity contribution in [1.82, 2.24) is 10.3 Å². The van der Waals surface area contributed by atoms with Crippen LogP contribution in [0.2, 0.25) is 5.02 Å². The van der Waals surface area contributed by atoms with E-state index in [0.717, 1.165) is 34.7 Å². The van der Waals surface area contributed by atoms with Gasteiger partial charge in [0.15, 0.2) is 0 Å². The molecule has 1 heterocycles. The molecular formula is C15H21ClN2. The largest absolute Gasteiger partial charge is 0.356 e. The smallest absolute Gasteiger partial charge is 0.0705 e. The van der Waals surface area contributed by atoms with E-state index in [2.05, 4.69) is 43.2 Å². The zero-order chi connectivity index (χ0) is 13.1. The van der Waals surface area contributed by atoms with E-state index in [9.17, 15) is 0 Å². The van der Waals surface area contributed by atoms with Crippen LogP contribution in [0, 0.1) is 11.8 Å². The van der Waals surface area contributed by atoms with Crippen LogP contribution >= 0.6 is 11.6 Å². The van der Waals surface area contributed by atoms with E-state index in [0.29, 0.717) is 11.8 Å². The van der Waals surface area contributed by atoms with Gasteiger partial charge in [-0.1, -0.05) is 50.6 Å². The summed E-state index contributed by atoms with van der Waals surface area (Å²) in [6, 6.07) is 8.14. The summed E-state index contributed by atoms with van der Waals surface area (Å²) in [7, 11) is 0. The average Bonchev–Trinajstić information content (AvgIpc) is 2.67. The zero-order valence-corrected chi connectivity index (χ0v) is 12.0. The second kappa shape index (κ2) is 5.77. The van der Waals surface area contributed by atoms with Crippen molar-refractivity contribution < 1.29 is 0 Å². The van der Waals surface area contributed by atoms with Crippen LogP contribution in [-0.4, -0.2) is 11.5 Å². The number of aromatic nitrogens is 1. The van der Waals surface area contributed by atoms with Gasteiger partial charge < -0.3 is 10.3 Å². The fourth-order valence-corrected chi connectivity index (χ4v) is 2.22. The Morgan fingerprint density at radius 3 is 2.61 bits per heavy atom. The number of para-hydroxylation sites is 1. The van der Waals surface area contributed by atoms with Gasteiger partial charge in [0.05, 0.1) is 5.02 Å². The molecule has 1 atom stereocenters. The van der Waals surface area contributed by atoms with Gasteiger partial charge in [-0.15, -0.1) is 0 Å². The maximum atomic E-state index is 6.36. The zero-order valence-electron chi connectivity index (χ0n) is 11.3. The molecule has 0 fully saturated rings. The molecule has 0 bridgehead atoms. The van der Waals surface area contributed by atoms with Crippen LogP contribution in [0.5, 0.6) is 0 Å². The van der Waals surface area contributed by atoms with Gasteiger partial charge in [0, 0.05) is 23.1 Å². The van der Waals surface area contributed by atoms with Gasteiger partial charge in [0.2, 0.25) is 0 Å². The third-order valence-electron chi connectivity index (χ3n) is 3.62. The highest BCUT2D eigenvalue weighted by atomic mass is 35.5. The minimum atomic E-state index is 0.674. The molecule has 18 heavy (non-hydrogen) atoms. The summed E-state index contributed by atoms with van der Waals surface area (Å²) in [6.45, 7) is 8.59. The molecule has 1 unspecified atom stereocenters. The highest BCUT2D eigenvalue weighted by Crippen LogP contribution is 2.26. The number of hydrogen-bond acceptors (Lipinski definition) is 1. The van der Waals surface area contributed by atoms with Crippen molar-refractivity contribution in [3.8, 4) is 0 Å². The molecule has 2 nitrogen and oxygen atoms in total. The summed E-state index contributed by atoms with van der Waals surface area (Å²) in [5, 5.41) is 5.42. The number of fused-ring (bicyclic) bond motifs is 1. The van der Waals surface area contributed by atoms with Crippen molar-refractivity contribution in [3.05, 3.63) is 35.0 Å². The molecule has 1 aromatic heterocycles. The van der Waals surface area contributed by atoms with Crippen LogP contribution in [0.15, 0.2) is 24.3 Å². The molecule has 0 radical (unpaired) electrons. The van der Waals surface area contributed by atoms with Crippen molar-refractivity contribution in [3.63, 3.8) is 0 Å². The van der Waals surface area contributed by atoms with E-state index >= 15 is 0 Å². The number of aromatic amines is 1. The third-order valence-corrected chi connectivity index (χ3v) is 4.05. The van der Waals surface area contributed by atoms with Gasteiger partial charge in [-0.05, 0) is 24.4 Å². The first-order chi connectivity index (χ1) is 8.59. The number of rotatable bonds is 5. The molecule has 0 aliphatic rings. The van der Waals surface area contributed by atoms with E-state index in [1.807, 2.05) is 12.1 Å². The second-order valence-electron chi connectivity index (χ2n) is 5.32. The van der Waals surface area contributed by atoms with Crippen molar-refractivity contribution in [2.24, 2.45) is 11.8 Å². The Bertz CT molecular complexity index is 516. The van der Waals surface area contributed by atoms with Gasteiger partial charge in [-0.3, -0.25) is 0 Å². The predicted octanol–water partition coefficient (Wildman–Crippen LogP) is 4.20. The van der Waals surface area contributed by atoms with Crippen LogP contribution in [0.1, 0.15) is 26.5 Å². The number of H-pyrrole nitrogens is 1. The summed E-state index contributed by atoms with van der Waals surface area (Å²) in [4.78, 5) is 3.37. The molecule has 2 aromatic rings. The molecule has 1 aromatic carbocycles. The highest BCUT2D eigenvalue weighted by molar-refractivity contribution is 6.36. The lowest BCUT2D eigenvalue weighted by atomic mass is 9.98. The SMILES string of the molecule is CC(C)C(C)CNCc1[nH]c2ccccc2c1Cl. The highest BCUT2D eigenvalue weighted by Gasteiger charge is 2.10. The minimum absolute atomic E-state index is 0.674. The van der Waals surface area contributed by atoms with Gasteiger partial charge in [-0.2, -0.15) is 0 Å². The Labute approximate surface area is 114 Å². The standard InChI is InChI=1S/C15H21ClN2/c1-10(2)11(3)8-17-9-14-15(16)12-6-4-5-7-13(12)18-14/h4-7,10-11,17-18H,8-9H2,1-3H3. The van der Waals surface area contributed by atoms with Crippen molar-refractivity contribution in [2.75, 3.05) is 6.54 Å². The monoisotopic (exact) mass is 264 g/mol. The Morgan fingerprint density at radius 1 is 1.22 bits per heavy atom. The molecular weight excluding hydrogens is 244 g/mol. The third kappa shape index (κ3) is 2.88. The van der Waals surface area contributed by atoms with E-state index in [4.69, 9.17) is 11.6 Å². The first kappa shape index (κ1) is 13.4. The number of benzene rings is 1. The maximum Gasteiger partial charge on any atom is 0.0705 e. The summed E-state index contributed by atoms with van der Waals surface area (Å²) in [5.74, 6) is 1.38. The van der Waals surface area contributed by atoms with E-state index in [1.54, 1.807) is 0 Å². The van der Waals surface area contributed by atoms with Crippen molar-refractivity contribution in [2.45, 2.75) is 27.3 Å². The molecule has 0 aliphatic heterocycles. The minimum Gasteiger partial charge on any atom is -0.356 e. The summed E-state index contributed by atoms with van der Waals surface area (Å²) in [6.07, 6.45) is 0. The quantitative estimate of drug-likeness (QED) is 0.832. The fourth-order valence-electron chi connectivity index (χ4n) is 1.95. The lowest BCUT2D eigenvalue weighted by Crippen LogP contribution is -2.24. The molecule has 2 N–H and O–H groups in total. The normalized spacial score (nSPS) is 13.4. The summed E-state index contributed by atoms with van der Waals surface area (Å²) < 4.78 is 0. The van der Waals surface area contributed by atoms with Crippen molar-refractivity contribution in [1.29, 1.82) is 0 Å². The molecule has 0 saturated carbocycles. The van der Waals surface area contributed by atoms with Gasteiger partial charge in [0.1, 0.15) is 0 Å². The maximum absolute atomic E-state index is 6.36. The van der Waals surface area contributed by atoms with Crippen LogP contribution < -0.4 is 5.32 Å². The lowest BCUT2D eigenvalue weighted by Gasteiger charge is -2.15. The Kier molecular flexibility index (Phi) is 4.31. The van der Waals surface area contributed by atoms with Crippen LogP contribution in [-0.2, 0) is 6.54 Å². The van der Waals surface area contributed by atoms with Crippen LogP contribution in [0.4, 0.5) is 0 Å². The molecule has 0 saturated heterocycles. The summed E-state index contributed by atoms with van der Waals surface area (Å²) in [5.41, 5.74) is 2.19. The Morgan fingerprint density at radius 2 is 1.94 bits per heavy atom. The van der Waals surface area contributed by atoms with Crippen LogP contribution in [0.25, 0.3) is 10.9 Å². The second-order valence-corrected chi connectivity index (χ2v) is 5.69. The number of hydrogen-bond donors (Lipinski definition) is 2. The van der Waals surface area contributed by atoms with E-state index in [1.165, 1.54) is 0 Å². The predicted molar refractivity (Wildman–Crippen MR) is 79.0 cm³/mol. The summed E-state index contributed by atoms with van der Waals surface area (Å²) >= 11 is 6.36. The average molecular weight is 265 g/mol. The van der Waals surface area contributed by atoms with Gasteiger partial charge in [0.25, 0.3) is 0 Å². The Hall–Kier alpha value is -0.990. The number of halogens is 1.